The Labute approximate surface area is 110 Å². The topological polar surface area (TPSA) is 95.5 Å². The number of carbonyl (C=O) groups excluding carboxylic acids is 2. The number of hydrogen-bond donors (Lipinski definition) is 3. The number of nitrogens with one attached hydrogen (secondary N) is 2. The van der Waals surface area contributed by atoms with E-state index in [4.69, 9.17) is 5.11 Å². The minimum atomic E-state index is -1.01. The van der Waals surface area contributed by atoms with Crippen LogP contribution in [-0.4, -0.2) is 22.9 Å². The van der Waals surface area contributed by atoms with Crippen molar-refractivity contribution in [2.24, 2.45) is 0 Å². The molecule has 1 aromatic rings. The van der Waals surface area contributed by atoms with E-state index in [1.165, 1.54) is 0 Å². The van der Waals surface area contributed by atoms with Crippen molar-refractivity contribution in [1.82, 2.24) is 0 Å². The lowest BCUT2D eigenvalue weighted by Gasteiger charge is -2.06. The van der Waals surface area contributed by atoms with E-state index >= 15 is 0 Å². The largest absolute Gasteiger partial charge is 0.481 e. The standard InChI is InChI=1S/C13H16N2O4/c1-2-11(16)14-9-3-5-10(6-4-9)15-12(17)7-8-13(18)19/h3-6H,2,7-8H2,1H3,(H,14,16)(H,15,17)(H,18,19). The quantitative estimate of drug-likeness (QED) is 0.730. The van der Waals surface area contributed by atoms with Gasteiger partial charge in [-0.2, -0.15) is 0 Å². The van der Waals surface area contributed by atoms with Crippen molar-refractivity contribution < 1.29 is 19.5 Å². The maximum Gasteiger partial charge on any atom is 0.303 e. The number of benzene rings is 1. The van der Waals surface area contributed by atoms with E-state index < -0.39 is 5.97 Å². The third-order valence-electron chi connectivity index (χ3n) is 2.34. The summed E-state index contributed by atoms with van der Waals surface area (Å²) in [6, 6.07) is 6.62. The number of amides is 2. The molecule has 0 spiro atoms. The van der Waals surface area contributed by atoms with Crippen LogP contribution in [0.25, 0.3) is 0 Å². The maximum absolute atomic E-state index is 11.4. The van der Waals surface area contributed by atoms with Crippen LogP contribution in [0.3, 0.4) is 0 Å². The van der Waals surface area contributed by atoms with Crippen LogP contribution >= 0.6 is 0 Å². The van der Waals surface area contributed by atoms with E-state index in [9.17, 15) is 14.4 Å². The van der Waals surface area contributed by atoms with Gasteiger partial charge in [0.1, 0.15) is 0 Å². The predicted octanol–water partition coefficient (Wildman–Crippen LogP) is 1.84. The maximum atomic E-state index is 11.4. The summed E-state index contributed by atoms with van der Waals surface area (Å²) in [5.74, 6) is -1.45. The fourth-order valence-corrected chi connectivity index (χ4v) is 1.33. The molecular weight excluding hydrogens is 248 g/mol. The van der Waals surface area contributed by atoms with E-state index in [-0.39, 0.29) is 24.7 Å². The molecule has 0 unspecified atom stereocenters. The molecule has 1 rings (SSSR count). The van der Waals surface area contributed by atoms with Crippen LogP contribution in [0.2, 0.25) is 0 Å². The van der Waals surface area contributed by atoms with E-state index in [2.05, 4.69) is 10.6 Å². The number of hydrogen-bond acceptors (Lipinski definition) is 3. The van der Waals surface area contributed by atoms with Crippen molar-refractivity contribution in [2.45, 2.75) is 26.2 Å². The molecule has 6 heteroatoms. The van der Waals surface area contributed by atoms with Gasteiger partial charge in [0.2, 0.25) is 11.8 Å². The highest BCUT2D eigenvalue weighted by Gasteiger charge is 2.06. The fourth-order valence-electron chi connectivity index (χ4n) is 1.33. The number of carbonyl (C=O) groups is 3. The number of anilines is 2. The Bertz CT molecular complexity index is 468. The molecule has 0 saturated carbocycles. The van der Waals surface area contributed by atoms with Crippen molar-refractivity contribution in [3.63, 3.8) is 0 Å². The zero-order valence-corrected chi connectivity index (χ0v) is 10.6. The van der Waals surface area contributed by atoms with Gasteiger partial charge in [-0.05, 0) is 24.3 Å². The summed E-state index contributed by atoms with van der Waals surface area (Å²) in [5.41, 5.74) is 1.21. The lowest BCUT2D eigenvalue weighted by Crippen LogP contribution is -2.13. The molecule has 2 amide bonds. The molecule has 0 heterocycles. The highest BCUT2D eigenvalue weighted by molar-refractivity contribution is 5.93. The van der Waals surface area contributed by atoms with Gasteiger partial charge >= 0.3 is 5.97 Å². The number of aliphatic carboxylic acids is 1. The minimum Gasteiger partial charge on any atom is -0.481 e. The Morgan fingerprint density at radius 1 is 0.947 bits per heavy atom. The second-order valence-electron chi connectivity index (χ2n) is 3.92. The molecule has 3 N–H and O–H groups in total. The predicted molar refractivity (Wildman–Crippen MR) is 70.9 cm³/mol. The van der Waals surface area contributed by atoms with Crippen molar-refractivity contribution in [2.75, 3.05) is 10.6 Å². The molecule has 0 bridgehead atoms. The summed E-state index contributed by atoms with van der Waals surface area (Å²) in [6.45, 7) is 1.76. The molecule has 0 aliphatic rings. The second-order valence-corrected chi connectivity index (χ2v) is 3.92. The van der Waals surface area contributed by atoms with Gasteiger partial charge < -0.3 is 15.7 Å². The summed E-state index contributed by atoms with van der Waals surface area (Å²) in [5, 5.41) is 13.7. The number of carboxylic acids is 1. The third-order valence-corrected chi connectivity index (χ3v) is 2.34. The van der Waals surface area contributed by atoms with Gasteiger partial charge in [-0.3, -0.25) is 14.4 Å². The first-order valence-corrected chi connectivity index (χ1v) is 5.93. The van der Waals surface area contributed by atoms with Crippen molar-refractivity contribution in [3.05, 3.63) is 24.3 Å². The number of rotatable bonds is 6. The van der Waals surface area contributed by atoms with Crippen LogP contribution in [0.1, 0.15) is 26.2 Å². The molecule has 6 nitrogen and oxygen atoms in total. The van der Waals surface area contributed by atoms with Gasteiger partial charge in [-0.25, -0.2) is 0 Å². The van der Waals surface area contributed by atoms with Crippen LogP contribution < -0.4 is 10.6 Å². The number of carboxylic acid groups (broad SMARTS) is 1. The molecule has 0 atom stereocenters. The molecule has 102 valence electrons. The Hall–Kier alpha value is -2.37. The first-order valence-electron chi connectivity index (χ1n) is 5.93. The van der Waals surface area contributed by atoms with E-state index in [0.717, 1.165) is 0 Å². The van der Waals surface area contributed by atoms with Gasteiger partial charge in [0.05, 0.1) is 6.42 Å². The summed E-state index contributed by atoms with van der Waals surface area (Å²) < 4.78 is 0. The minimum absolute atomic E-state index is 0.0658. The van der Waals surface area contributed by atoms with Gasteiger partial charge in [0.25, 0.3) is 0 Å². The molecule has 0 radical (unpaired) electrons. The average Bonchev–Trinajstić information content (AvgIpc) is 2.38. The van der Waals surface area contributed by atoms with E-state index in [0.29, 0.717) is 17.8 Å². The lowest BCUT2D eigenvalue weighted by atomic mass is 10.2. The van der Waals surface area contributed by atoms with Gasteiger partial charge in [-0.15, -0.1) is 0 Å². The Kier molecular flexibility index (Phi) is 5.53. The smallest absolute Gasteiger partial charge is 0.303 e. The monoisotopic (exact) mass is 264 g/mol. The summed E-state index contributed by atoms with van der Waals surface area (Å²) in [7, 11) is 0. The Morgan fingerprint density at radius 3 is 1.84 bits per heavy atom. The van der Waals surface area contributed by atoms with Crippen molar-refractivity contribution >= 4 is 29.2 Å². The first-order chi connectivity index (χ1) is 9.01. The molecule has 0 aliphatic heterocycles. The molecule has 0 aromatic heterocycles. The average molecular weight is 264 g/mol. The van der Waals surface area contributed by atoms with Gasteiger partial charge in [0, 0.05) is 24.2 Å². The van der Waals surface area contributed by atoms with Gasteiger partial charge in [0.15, 0.2) is 0 Å². The van der Waals surface area contributed by atoms with E-state index in [1.807, 2.05) is 0 Å². The molecular formula is C13H16N2O4. The molecule has 0 saturated heterocycles. The van der Waals surface area contributed by atoms with Crippen LogP contribution in [0.5, 0.6) is 0 Å². The van der Waals surface area contributed by atoms with E-state index in [1.54, 1.807) is 31.2 Å². The molecule has 0 fully saturated rings. The summed E-state index contributed by atoms with van der Waals surface area (Å²) >= 11 is 0. The SMILES string of the molecule is CCC(=O)Nc1ccc(NC(=O)CCC(=O)O)cc1. The molecule has 0 aliphatic carbocycles. The Morgan fingerprint density at radius 2 is 1.42 bits per heavy atom. The van der Waals surface area contributed by atoms with Crippen molar-refractivity contribution in [1.29, 1.82) is 0 Å². The fraction of sp³-hybridized carbons (Fsp3) is 0.308. The zero-order chi connectivity index (χ0) is 14.3. The van der Waals surface area contributed by atoms with Crippen LogP contribution in [0, 0.1) is 0 Å². The third kappa shape index (κ3) is 5.67. The summed E-state index contributed by atoms with van der Waals surface area (Å²) in [6.07, 6.45) is 0.133. The molecule has 1 aromatic carbocycles. The van der Waals surface area contributed by atoms with Crippen molar-refractivity contribution in [3.8, 4) is 0 Å². The Balaban J connectivity index is 2.50. The first kappa shape index (κ1) is 14.7. The van der Waals surface area contributed by atoms with Gasteiger partial charge in [-0.1, -0.05) is 6.92 Å². The highest BCUT2D eigenvalue weighted by atomic mass is 16.4. The van der Waals surface area contributed by atoms with Crippen LogP contribution in [0.4, 0.5) is 11.4 Å². The van der Waals surface area contributed by atoms with Crippen LogP contribution in [0.15, 0.2) is 24.3 Å². The normalized spacial score (nSPS) is 9.74. The zero-order valence-electron chi connectivity index (χ0n) is 10.6. The summed E-state index contributed by atoms with van der Waals surface area (Å²) in [4.78, 5) is 32.9. The van der Waals surface area contributed by atoms with Crippen LogP contribution in [-0.2, 0) is 14.4 Å². The lowest BCUT2D eigenvalue weighted by molar-refractivity contribution is -0.138. The molecule has 19 heavy (non-hydrogen) atoms. The second kappa shape index (κ2) is 7.15. The highest BCUT2D eigenvalue weighted by Crippen LogP contribution is 2.14.